The van der Waals surface area contributed by atoms with Crippen LogP contribution in [-0.4, -0.2) is 65.0 Å². The number of pyridine rings is 2. The van der Waals surface area contributed by atoms with Crippen LogP contribution >= 0.6 is 0 Å². The van der Waals surface area contributed by atoms with E-state index in [2.05, 4.69) is 15.3 Å². The number of rotatable bonds is 7. The minimum Gasteiger partial charge on any atom is -0.492 e. The topological polar surface area (TPSA) is 100 Å². The first-order valence-electron chi connectivity index (χ1n) is 13.0. The summed E-state index contributed by atoms with van der Waals surface area (Å²) in [5.74, 6) is 0.792. The summed E-state index contributed by atoms with van der Waals surface area (Å²) in [6.07, 6.45) is 3.31. The zero-order chi connectivity index (χ0) is 27.5. The molecular weight excluding hydrogens is 508 g/mol. The third-order valence-corrected chi connectivity index (χ3v) is 7.06. The lowest BCUT2D eigenvalue weighted by Gasteiger charge is -2.35. The van der Waals surface area contributed by atoms with Crippen molar-refractivity contribution in [3.8, 4) is 22.6 Å². The van der Waals surface area contributed by atoms with Crippen molar-refractivity contribution in [2.75, 3.05) is 43.1 Å². The van der Waals surface area contributed by atoms with Gasteiger partial charge in [0.25, 0.3) is 0 Å². The summed E-state index contributed by atoms with van der Waals surface area (Å²) in [5, 5.41) is 12.1. The second kappa shape index (κ2) is 11.3. The molecule has 1 fully saturated rings. The molecule has 0 spiro atoms. The maximum atomic E-state index is 14.9. The van der Waals surface area contributed by atoms with Crippen molar-refractivity contribution < 1.29 is 28.2 Å². The highest BCUT2D eigenvalue weighted by molar-refractivity contribution is 5.76. The van der Waals surface area contributed by atoms with Crippen LogP contribution in [0.5, 0.6) is 11.5 Å². The van der Waals surface area contributed by atoms with Gasteiger partial charge in [0, 0.05) is 24.7 Å². The fourth-order valence-electron chi connectivity index (χ4n) is 4.90. The fourth-order valence-corrected chi connectivity index (χ4v) is 4.90. The van der Waals surface area contributed by atoms with Gasteiger partial charge in [-0.2, -0.15) is 0 Å². The molecule has 39 heavy (non-hydrogen) atoms. The van der Waals surface area contributed by atoms with Crippen molar-refractivity contribution in [3.05, 3.63) is 54.4 Å². The van der Waals surface area contributed by atoms with Gasteiger partial charge in [0.15, 0.2) is 11.6 Å². The Bertz CT molecular complexity index is 1330. The monoisotopic (exact) mass is 539 g/mol. The number of fused-ring (bicyclic) bond motifs is 1. The van der Waals surface area contributed by atoms with Gasteiger partial charge in [-0.1, -0.05) is 0 Å². The van der Waals surface area contributed by atoms with E-state index < -0.39 is 17.7 Å². The van der Waals surface area contributed by atoms with Gasteiger partial charge in [-0.05, 0) is 68.5 Å². The molecule has 1 aromatic carbocycles. The standard InChI is InChI=1S/C28H31F2N5O4/c1-17(2)35-9-10-38-27-22(29)11-19(12-24(27)35)21-13-26(32-15-23(21)30)33-25-4-3-20(14-31-25)39-16-18-5-7-34(8-6-18)28(36)37/h3-4,11-15,17-18H,5-10,16H2,1-2H3,(H,36,37)(H,31,32,33). The molecule has 2 aliphatic rings. The quantitative estimate of drug-likeness (QED) is 0.404. The number of carbonyl (C=O) groups is 1. The average Bonchev–Trinajstić information content (AvgIpc) is 2.93. The van der Waals surface area contributed by atoms with Crippen molar-refractivity contribution in [1.82, 2.24) is 14.9 Å². The van der Waals surface area contributed by atoms with Gasteiger partial charge in [-0.25, -0.2) is 23.5 Å². The van der Waals surface area contributed by atoms with Crippen molar-refractivity contribution in [3.63, 3.8) is 0 Å². The third kappa shape index (κ3) is 5.97. The summed E-state index contributed by atoms with van der Waals surface area (Å²) in [4.78, 5) is 23.0. The summed E-state index contributed by atoms with van der Waals surface area (Å²) in [6.45, 7) is 6.56. The minimum atomic E-state index is -0.883. The van der Waals surface area contributed by atoms with Crippen LogP contribution in [0.4, 0.5) is 30.9 Å². The number of anilines is 3. The lowest BCUT2D eigenvalue weighted by atomic mass is 9.98. The molecule has 11 heteroatoms. The predicted molar refractivity (Wildman–Crippen MR) is 143 cm³/mol. The van der Waals surface area contributed by atoms with Crippen LogP contribution in [0.2, 0.25) is 0 Å². The van der Waals surface area contributed by atoms with Crippen LogP contribution in [0.3, 0.4) is 0 Å². The van der Waals surface area contributed by atoms with Crippen molar-refractivity contribution >= 4 is 23.4 Å². The molecule has 0 unspecified atom stereocenters. The molecule has 0 atom stereocenters. The molecule has 4 heterocycles. The Kier molecular flexibility index (Phi) is 7.67. The fraction of sp³-hybridized carbons (Fsp3) is 0.393. The number of amides is 1. The second-order valence-electron chi connectivity index (χ2n) is 10.0. The van der Waals surface area contributed by atoms with Gasteiger partial charge in [-0.15, -0.1) is 0 Å². The van der Waals surface area contributed by atoms with E-state index in [0.29, 0.717) is 61.5 Å². The Hall–Kier alpha value is -4.15. The van der Waals surface area contributed by atoms with Gasteiger partial charge in [0.2, 0.25) is 0 Å². The number of nitrogens with zero attached hydrogens (tertiary/aromatic N) is 4. The predicted octanol–water partition coefficient (Wildman–Crippen LogP) is 5.54. The normalized spacial score (nSPS) is 15.6. The number of piperidine rings is 1. The van der Waals surface area contributed by atoms with Gasteiger partial charge in [0.05, 0.1) is 31.2 Å². The summed E-state index contributed by atoms with van der Waals surface area (Å²) < 4.78 is 41.2. The molecule has 0 saturated carbocycles. The molecule has 3 aromatic rings. The van der Waals surface area contributed by atoms with Crippen LogP contribution in [0.15, 0.2) is 42.7 Å². The number of hydrogen-bond acceptors (Lipinski definition) is 7. The molecule has 5 rings (SSSR count). The Morgan fingerprint density at radius 2 is 1.87 bits per heavy atom. The van der Waals surface area contributed by atoms with Crippen LogP contribution in [0.25, 0.3) is 11.1 Å². The molecule has 1 saturated heterocycles. The maximum absolute atomic E-state index is 14.9. The van der Waals surface area contributed by atoms with Gasteiger partial charge in [0.1, 0.15) is 29.8 Å². The van der Waals surface area contributed by atoms with Gasteiger partial charge in [-0.3, -0.25) is 0 Å². The molecule has 1 amide bonds. The SMILES string of the molecule is CC(C)N1CCOc2c(F)cc(-c3cc(Nc4ccc(OCC5CCN(C(=O)O)CC5)cn4)ncc3F)cc21. The average molecular weight is 540 g/mol. The van der Waals surface area contributed by atoms with Crippen LogP contribution in [0.1, 0.15) is 26.7 Å². The first-order chi connectivity index (χ1) is 18.8. The number of nitrogens with one attached hydrogen (secondary N) is 1. The largest absolute Gasteiger partial charge is 0.492 e. The van der Waals surface area contributed by atoms with E-state index >= 15 is 0 Å². The summed E-state index contributed by atoms with van der Waals surface area (Å²) in [5.41, 5.74) is 1.19. The number of halogens is 2. The highest BCUT2D eigenvalue weighted by Gasteiger charge is 2.26. The van der Waals surface area contributed by atoms with E-state index in [1.807, 2.05) is 18.7 Å². The van der Waals surface area contributed by atoms with E-state index in [9.17, 15) is 13.6 Å². The van der Waals surface area contributed by atoms with Crippen LogP contribution in [-0.2, 0) is 0 Å². The zero-order valence-corrected chi connectivity index (χ0v) is 21.9. The van der Waals surface area contributed by atoms with E-state index in [4.69, 9.17) is 14.6 Å². The molecular formula is C28H31F2N5O4. The molecule has 0 bridgehead atoms. The van der Waals surface area contributed by atoms with Crippen LogP contribution < -0.4 is 19.7 Å². The van der Waals surface area contributed by atoms with Crippen molar-refractivity contribution in [2.45, 2.75) is 32.7 Å². The Balaban J connectivity index is 1.26. The number of ether oxygens (including phenoxy) is 2. The highest BCUT2D eigenvalue weighted by atomic mass is 19.1. The first kappa shape index (κ1) is 26.5. The van der Waals surface area contributed by atoms with E-state index in [-0.39, 0.29) is 23.3 Å². The van der Waals surface area contributed by atoms with Crippen LogP contribution in [0, 0.1) is 17.6 Å². The Morgan fingerprint density at radius 1 is 1.10 bits per heavy atom. The number of hydrogen-bond donors (Lipinski definition) is 2. The molecule has 206 valence electrons. The number of likely N-dealkylation sites (tertiary alicyclic amines) is 1. The number of carboxylic acid groups (broad SMARTS) is 1. The zero-order valence-electron chi connectivity index (χ0n) is 21.9. The van der Waals surface area contributed by atoms with E-state index in [1.165, 1.54) is 17.0 Å². The molecule has 2 N–H and O–H groups in total. The second-order valence-corrected chi connectivity index (χ2v) is 10.0. The molecule has 9 nitrogen and oxygen atoms in total. The summed E-state index contributed by atoms with van der Waals surface area (Å²) in [6, 6.07) is 8.17. The van der Waals surface area contributed by atoms with Gasteiger partial charge >= 0.3 is 6.09 Å². The smallest absolute Gasteiger partial charge is 0.407 e. The molecule has 0 aliphatic carbocycles. The lowest BCUT2D eigenvalue weighted by molar-refractivity contribution is 0.111. The molecule has 0 radical (unpaired) electrons. The highest BCUT2D eigenvalue weighted by Crippen LogP contribution is 2.40. The van der Waals surface area contributed by atoms with E-state index in [1.54, 1.807) is 24.4 Å². The Labute approximate surface area is 225 Å². The maximum Gasteiger partial charge on any atom is 0.407 e. The lowest BCUT2D eigenvalue weighted by Crippen LogP contribution is -2.38. The number of benzene rings is 1. The molecule has 2 aromatic heterocycles. The Morgan fingerprint density at radius 3 is 2.56 bits per heavy atom. The minimum absolute atomic E-state index is 0.129. The number of aromatic nitrogens is 2. The third-order valence-electron chi connectivity index (χ3n) is 7.06. The van der Waals surface area contributed by atoms with E-state index in [0.717, 1.165) is 19.0 Å². The summed E-state index contributed by atoms with van der Waals surface area (Å²) >= 11 is 0. The van der Waals surface area contributed by atoms with Gasteiger partial charge < -0.3 is 29.7 Å². The molecule has 2 aliphatic heterocycles. The van der Waals surface area contributed by atoms with Crippen molar-refractivity contribution in [2.24, 2.45) is 5.92 Å². The first-order valence-corrected chi connectivity index (χ1v) is 13.0. The summed E-state index contributed by atoms with van der Waals surface area (Å²) in [7, 11) is 0. The van der Waals surface area contributed by atoms with Crippen molar-refractivity contribution in [1.29, 1.82) is 0 Å².